The van der Waals surface area contributed by atoms with Gasteiger partial charge < -0.3 is 5.32 Å². The van der Waals surface area contributed by atoms with E-state index in [9.17, 15) is 19.2 Å². The maximum absolute atomic E-state index is 13.2. The summed E-state index contributed by atoms with van der Waals surface area (Å²) < 4.78 is 2.29. The Morgan fingerprint density at radius 2 is 1.79 bits per heavy atom. The van der Waals surface area contributed by atoms with Crippen molar-refractivity contribution < 1.29 is 9.59 Å². The Kier molecular flexibility index (Phi) is 5.77. The van der Waals surface area contributed by atoms with Crippen LogP contribution in [0.5, 0.6) is 0 Å². The van der Waals surface area contributed by atoms with Crippen LogP contribution in [0.4, 0.5) is 0 Å². The Hall–Kier alpha value is -3.48. The molecule has 0 bridgehead atoms. The van der Waals surface area contributed by atoms with Gasteiger partial charge in [0.05, 0.1) is 16.6 Å². The molecule has 0 fully saturated rings. The number of Topliss-reactive ketones (excluding diaryl/α,β-unsaturated/α-hetero) is 1. The molecular weight excluding hydrogens is 370 g/mol. The molecule has 3 rings (SSSR count). The van der Waals surface area contributed by atoms with E-state index in [1.54, 1.807) is 42.5 Å². The van der Waals surface area contributed by atoms with Crippen LogP contribution < -0.4 is 16.6 Å². The van der Waals surface area contributed by atoms with Crippen molar-refractivity contribution >= 4 is 22.6 Å². The topological polar surface area (TPSA) is 90.2 Å². The first-order valence-electron chi connectivity index (χ1n) is 9.48. The summed E-state index contributed by atoms with van der Waals surface area (Å²) in [6.07, 6.45) is 0.763. The van der Waals surface area contributed by atoms with Gasteiger partial charge in [0.25, 0.3) is 5.56 Å². The van der Waals surface area contributed by atoms with Crippen molar-refractivity contribution in [1.29, 1.82) is 0 Å². The summed E-state index contributed by atoms with van der Waals surface area (Å²) in [6.45, 7) is 5.04. The Morgan fingerprint density at radius 3 is 2.48 bits per heavy atom. The molecular formula is C22H23N3O4. The number of aromatic nitrogens is 2. The number of nitrogens with one attached hydrogen (secondary N) is 1. The highest BCUT2D eigenvalue weighted by Gasteiger charge is 2.17. The zero-order valence-electron chi connectivity index (χ0n) is 16.6. The van der Waals surface area contributed by atoms with E-state index in [0.717, 1.165) is 11.0 Å². The van der Waals surface area contributed by atoms with E-state index >= 15 is 0 Å². The van der Waals surface area contributed by atoms with E-state index < -0.39 is 11.2 Å². The van der Waals surface area contributed by atoms with Crippen molar-refractivity contribution in [3.63, 3.8) is 0 Å². The summed E-state index contributed by atoms with van der Waals surface area (Å²) in [6, 6.07) is 13.0. The summed E-state index contributed by atoms with van der Waals surface area (Å²) in [7, 11) is 0. The van der Waals surface area contributed by atoms with Crippen LogP contribution in [0.15, 0.2) is 58.1 Å². The molecule has 0 unspecified atom stereocenters. The van der Waals surface area contributed by atoms with Gasteiger partial charge in [-0.1, -0.05) is 31.2 Å². The average Bonchev–Trinajstić information content (AvgIpc) is 2.71. The molecule has 1 heterocycles. The summed E-state index contributed by atoms with van der Waals surface area (Å²) in [5.74, 6) is -0.483. The minimum atomic E-state index is -0.631. The van der Waals surface area contributed by atoms with Crippen LogP contribution in [-0.2, 0) is 11.3 Å². The SMILES string of the molecule is CC[C@H](C)NC(=O)Cn1c(=O)n(-c2cccc(C(C)=O)c2)c(=O)c2ccccc21. The second-order valence-electron chi connectivity index (χ2n) is 7.01. The van der Waals surface area contributed by atoms with Gasteiger partial charge in [0.1, 0.15) is 6.54 Å². The Bertz CT molecular complexity index is 1210. The van der Waals surface area contributed by atoms with Crippen LogP contribution in [-0.4, -0.2) is 26.9 Å². The van der Waals surface area contributed by atoms with Crippen LogP contribution in [0.1, 0.15) is 37.6 Å². The van der Waals surface area contributed by atoms with Gasteiger partial charge in [0, 0.05) is 11.6 Å². The number of hydrogen-bond donors (Lipinski definition) is 1. The van der Waals surface area contributed by atoms with Gasteiger partial charge in [-0.3, -0.25) is 19.0 Å². The maximum Gasteiger partial charge on any atom is 0.336 e. The summed E-state index contributed by atoms with van der Waals surface area (Å²) in [5.41, 5.74) is -0.0584. The van der Waals surface area contributed by atoms with Gasteiger partial charge in [0.2, 0.25) is 5.91 Å². The van der Waals surface area contributed by atoms with E-state index in [0.29, 0.717) is 16.5 Å². The van der Waals surface area contributed by atoms with Crippen molar-refractivity contribution in [2.75, 3.05) is 0 Å². The van der Waals surface area contributed by atoms with Crippen molar-refractivity contribution in [1.82, 2.24) is 14.5 Å². The Labute approximate surface area is 167 Å². The number of nitrogens with zero attached hydrogens (tertiary/aromatic N) is 2. The third-order valence-electron chi connectivity index (χ3n) is 4.88. The smallest absolute Gasteiger partial charge is 0.336 e. The monoisotopic (exact) mass is 393 g/mol. The zero-order valence-corrected chi connectivity index (χ0v) is 16.6. The van der Waals surface area contributed by atoms with Crippen LogP contribution in [0.25, 0.3) is 16.6 Å². The number of benzene rings is 2. The van der Waals surface area contributed by atoms with Gasteiger partial charge in [-0.05, 0) is 44.5 Å². The first-order valence-corrected chi connectivity index (χ1v) is 9.48. The molecule has 1 amide bonds. The maximum atomic E-state index is 13.2. The number of ketones is 1. The third-order valence-corrected chi connectivity index (χ3v) is 4.88. The molecule has 150 valence electrons. The quantitative estimate of drug-likeness (QED) is 0.651. The fourth-order valence-corrected chi connectivity index (χ4v) is 3.13. The summed E-state index contributed by atoms with van der Waals surface area (Å²) >= 11 is 0. The highest BCUT2D eigenvalue weighted by molar-refractivity contribution is 5.94. The summed E-state index contributed by atoms with van der Waals surface area (Å²) in [5, 5.41) is 3.15. The van der Waals surface area contributed by atoms with Crippen LogP contribution in [0, 0.1) is 0 Å². The van der Waals surface area contributed by atoms with E-state index in [2.05, 4.69) is 5.32 Å². The van der Waals surface area contributed by atoms with E-state index in [-0.39, 0.29) is 30.0 Å². The van der Waals surface area contributed by atoms with Crippen molar-refractivity contribution in [3.05, 3.63) is 74.9 Å². The number of rotatable bonds is 6. The fourth-order valence-electron chi connectivity index (χ4n) is 3.13. The van der Waals surface area contributed by atoms with Crippen molar-refractivity contribution in [2.24, 2.45) is 0 Å². The molecule has 7 nitrogen and oxygen atoms in total. The lowest BCUT2D eigenvalue weighted by atomic mass is 10.1. The molecule has 2 aromatic carbocycles. The third kappa shape index (κ3) is 4.03. The average molecular weight is 393 g/mol. The van der Waals surface area contributed by atoms with Gasteiger partial charge in [-0.15, -0.1) is 0 Å². The van der Waals surface area contributed by atoms with Crippen molar-refractivity contribution in [2.45, 2.75) is 39.8 Å². The molecule has 0 aliphatic heterocycles. The molecule has 1 atom stereocenters. The molecule has 3 aromatic rings. The lowest BCUT2D eigenvalue weighted by molar-refractivity contribution is -0.122. The van der Waals surface area contributed by atoms with E-state index in [1.807, 2.05) is 13.8 Å². The molecule has 0 spiro atoms. The molecule has 0 radical (unpaired) electrons. The molecule has 7 heteroatoms. The lowest BCUT2D eigenvalue weighted by Gasteiger charge is -2.16. The van der Waals surface area contributed by atoms with Crippen molar-refractivity contribution in [3.8, 4) is 5.69 Å². The molecule has 1 N–H and O–H groups in total. The van der Waals surface area contributed by atoms with Gasteiger partial charge in [0.15, 0.2) is 5.78 Å². The van der Waals surface area contributed by atoms with Gasteiger partial charge in [-0.2, -0.15) is 0 Å². The number of para-hydroxylation sites is 1. The molecule has 0 aliphatic rings. The van der Waals surface area contributed by atoms with Crippen LogP contribution in [0.3, 0.4) is 0 Å². The minimum absolute atomic E-state index is 0.0254. The molecule has 29 heavy (non-hydrogen) atoms. The second kappa shape index (κ2) is 8.26. The number of carbonyl (C=O) groups is 2. The Balaban J connectivity index is 2.23. The zero-order chi connectivity index (χ0) is 21.1. The number of hydrogen-bond acceptors (Lipinski definition) is 4. The largest absolute Gasteiger partial charge is 0.352 e. The van der Waals surface area contributed by atoms with Crippen LogP contribution >= 0.6 is 0 Å². The highest BCUT2D eigenvalue weighted by Crippen LogP contribution is 2.12. The summed E-state index contributed by atoms with van der Waals surface area (Å²) in [4.78, 5) is 50.5. The fraction of sp³-hybridized carbons (Fsp3) is 0.273. The van der Waals surface area contributed by atoms with Crippen LogP contribution in [0.2, 0.25) is 0 Å². The normalized spacial score (nSPS) is 12.0. The minimum Gasteiger partial charge on any atom is -0.352 e. The van der Waals surface area contributed by atoms with Gasteiger partial charge >= 0.3 is 5.69 Å². The number of fused-ring (bicyclic) bond motifs is 1. The molecule has 0 saturated heterocycles. The molecule has 1 aromatic heterocycles. The lowest BCUT2D eigenvalue weighted by Crippen LogP contribution is -2.43. The predicted octanol–water partition coefficient (Wildman–Crippen LogP) is 2.27. The molecule has 0 saturated carbocycles. The predicted molar refractivity (Wildman–Crippen MR) is 112 cm³/mol. The van der Waals surface area contributed by atoms with E-state index in [4.69, 9.17) is 0 Å². The number of amides is 1. The first-order chi connectivity index (χ1) is 13.8. The van der Waals surface area contributed by atoms with Gasteiger partial charge in [-0.25, -0.2) is 9.36 Å². The standard InChI is InChI=1S/C22H23N3O4/c1-4-14(2)23-20(27)13-24-19-11-6-5-10-18(19)21(28)25(22(24)29)17-9-7-8-16(12-17)15(3)26/h5-12,14H,4,13H2,1-3H3,(H,23,27)/t14-/m0/s1. The number of carbonyl (C=O) groups excluding carboxylic acids is 2. The first kappa shape index (κ1) is 20.3. The van der Waals surface area contributed by atoms with E-state index in [1.165, 1.54) is 17.6 Å². The highest BCUT2D eigenvalue weighted by atomic mass is 16.2. The Morgan fingerprint density at radius 1 is 1.07 bits per heavy atom. The molecule has 0 aliphatic carbocycles. The second-order valence-corrected chi connectivity index (χ2v) is 7.01.